The van der Waals surface area contributed by atoms with Crippen molar-refractivity contribution in [2.24, 2.45) is 0 Å². The molecule has 0 saturated heterocycles. The molecule has 2 aromatic rings. The number of hydroxylamine groups is 2. The number of hydrogen-bond acceptors (Lipinski definition) is 5. The molecule has 6 nitrogen and oxygen atoms in total. The quantitative estimate of drug-likeness (QED) is 0.620. The van der Waals surface area contributed by atoms with Crippen LogP contribution in [0.2, 0.25) is 0 Å². The van der Waals surface area contributed by atoms with Gasteiger partial charge in [0.05, 0.1) is 11.1 Å². The number of benzene rings is 2. The van der Waals surface area contributed by atoms with Gasteiger partial charge in [0.15, 0.2) is 0 Å². The molecule has 0 aromatic heterocycles. The Morgan fingerprint density at radius 3 is 2.42 bits per heavy atom. The maximum atomic E-state index is 12.6. The Balaban J connectivity index is 1.82. The molecule has 0 saturated carbocycles. The average molecular weight is 371 g/mol. The van der Waals surface area contributed by atoms with Gasteiger partial charge in [-0.05, 0) is 31.0 Å². The van der Waals surface area contributed by atoms with Crippen LogP contribution in [0.4, 0.5) is 0 Å². The summed E-state index contributed by atoms with van der Waals surface area (Å²) < 4.78 is 0. The molecule has 0 bridgehead atoms. The van der Waals surface area contributed by atoms with Crippen molar-refractivity contribution in [3.05, 3.63) is 70.8 Å². The lowest BCUT2D eigenvalue weighted by molar-refractivity contribution is -0.179. The maximum absolute atomic E-state index is 12.6. The van der Waals surface area contributed by atoms with Gasteiger partial charge in [-0.1, -0.05) is 42.5 Å². The second-order valence-corrected chi connectivity index (χ2v) is 7.37. The first-order valence-corrected chi connectivity index (χ1v) is 8.91. The highest BCUT2D eigenvalue weighted by molar-refractivity contribution is 8.00. The summed E-state index contributed by atoms with van der Waals surface area (Å²) in [4.78, 5) is 40.5. The largest absolute Gasteiger partial charge is 0.478 e. The number of rotatable bonds is 6. The molecule has 0 aliphatic carbocycles. The summed E-state index contributed by atoms with van der Waals surface area (Å²) in [6.07, 6.45) is 0. The van der Waals surface area contributed by atoms with Gasteiger partial charge in [-0.25, -0.2) is 9.63 Å². The molecular formula is C19H17NO5S. The fraction of sp³-hybridized carbons (Fsp3) is 0.211. The number of carboxylic acids is 1. The van der Waals surface area contributed by atoms with Crippen LogP contribution in [0.3, 0.4) is 0 Å². The van der Waals surface area contributed by atoms with E-state index in [4.69, 9.17) is 4.84 Å². The van der Waals surface area contributed by atoms with Crippen molar-refractivity contribution >= 4 is 29.5 Å². The van der Waals surface area contributed by atoms with Gasteiger partial charge in [-0.2, -0.15) is 0 Å². The fourth-order valence-corrected chi connectivity index (χ4v) is 3.50. The number of thioether (sulfide) groups is 1. The number of fused-ring (bicyclic) bond motifs is 1. The second-order valence-electron chi connectivity index (χ2n) is 6.02. The van der Waals surface area contributed by atoms with Crippen molar-refractivity contribution in [1.29, 1.82) is 0 Å². The minimum absolute atomic E-state index is 0.218. The lowest BCUT2D eigenvalue weighted by atomic mass is 10.0. The Kier molecular flexibility index (Phi) is 4.84. The summed E-state index contributed by atoms with van der Waals surface area (Å²) in [7, 11) is 0. The van der Waals surface area contributed by atoms with Crippen molar-refractivity contribution in [1.82, 2.24) is 5.06 Å². The van der Waals surface area contributed by atoms with Gasteiger partial charge in [0.2, 0.25) is 4.93 Å². The summed E-state index contributed by atoms with van der Waals surface area (Å²) >= 11 is 0.991. The number of imide groups is 1. The van der Waals surface area contributed by atoms with Gasteiger partial charge >= 0.3 is 5.97 Å². The van der Waals surface area contributed by atoms with Crippen molar-refractivity contribution in [2.75, 3.05) is 0 Å². The monoisotopic (exact) mass is 371 g/mol. The third kappa shape index (κ3) is 3.23. The Bertz CT molecular complexity index is 883. The maximum Gasteiger partial charge on any atom is 0.349 e. The molecule has 1 aliphatic heterocycles. The number of carbonyl (C=O) groups is 3. The molecule has 0 fully saturated rings. The first-order chi connectivity index (χ1) is 12.3. The van der Waals surface area contributed by atoms with Gasteiger partial charge in [-0.3, -0.25) is 9.59 Å². The molecular weight excluding hydrogens is 354 g/mol. The van der Waals surface area contributed by atoms with Crippen molar-refractivity contribution in [2.45, 2.75) is 24.5 Å². The number of amides is 2. The van der Waals surface area contributed by atoms with E-state index >= 15 is 0 Å². The minimum atomic E-state index is -1.79. The number of aryl methyl sites for hydroxylation is 1. The Morgan fingerprint density at radius 2 is 1.81 bits per heavy atom. The van der Waals surface area contributed by atoms with Gasteiger partial charge in [0.1, 0.15) is 0 Å². The summed E-state index contributed by atoms with van der Waals surface area (Å²) in [5.74, 6) is -2.21. The van der Waals surface area contributed by atoms with E-state index in [0.29, 0.717) is 16.4 Å². The lowest BCUT2D eigenvalue weighted by Gasteiger charge is -2.27. The molecule has 1 unspecified atom stereocenters. The fourth-order valence-electron chi connectivity index (χ4n) is 2.61. The highest BCUT2D eigenvalue weighted by atomic mass is 32.2. The molecule has 0 radical (unpaired) electrons. The van der Waals surface area contributed by atoms with E-state index in [1.807, 2.05) is 30.3 Å². The van der Waals surface area contributed by atoms with Crippen LogP contribution >= 0.6 is 11.8 Å². The standard InChI is InChI=1S/C19H17NO5S/c1-12-7-6-10-14-15(12)17(22)20(16(14)21)25-19(2,18(23)24)26-11-13-8-4-3-5-9-13/h3-10H,11H2,1-2H3,(H,23,24). The van der Waals surface area contributed by atoms with Gasteiger partial charge < -0.3 is 5.11 Å². The average Bonchev–Trinajstić information content (AvgIpc) is 2.86. The highest BCUT2D eigenvalue weighted by Crippen LogP contribution is 2.35. The summed E-state index contributed by atoms with van der Waals surface area (Å²) in [5.41, 5.74) is 2.02. The molecule has 3 rings (SSSR count). The molecule has 2 amide bonds. The van der Waals surface area contributed by atoms with E-state index in [0.717, 1.165) is 17.3 Å². The van der Waals surface area contributed by atoms with Crippen LogP contribution in [-0.2, 0) is 15.4 Å². The van der Waals surface area contributed by atoms with Gasteiger partial charge in [0.25, 0.3) is 11.8 Å². The Labute approximate surface area is 154 Å². The summed E-state index contributed by atoms with van der Waals surface area (Å²) in [6, 6.07) is 14.2. The van der Waals surface area contributed by atoms with Gasteiger partial charge in [0, 0.05) is 5.75 Å². The molecule has 1 aliphatic rings. The predicted octanol–water partition coefficient (Wildman–Crippen LogP) is 3.26. The third-order valence-electron chi connectivity index (χ3n) is 4.10. The van der Waals surface area contributed by atoms with Crippen LogP contribution < -0.4 is 0 Å². The third-order valence-corrected chi connectivity index (χ3v) is 5.37. The zero-order chi connectivity index (χ0) is 18.9. The van der Waals surface area contributed by atoms with E-state index in [-0.39, 0.29) is 11.1 Å². The molecule has 1 N–H and O–H groups in total. The number of nitrogens with zero attached hydrogens (tertiary/aromatic N) is 1. The molecule has 0 spiro atoms. The normalized spacial score (nSPS) is 15.7. The Morgan fingerprint density at radius 1 is 1.12 bits per heavy atom. The van der Waals surface area contributed by atoms with E-state index in [1.165, 1.54) is 13.0 Å². The Hall–Kier alpha value is -2.64. The van der Waals surface area contributed by atoms with Crippen molar-refractivity contribution in [3.8, 4) is 0 Å². The van der Waals surface area contributed by atoms with E-state index < -0.39 is 22.7 Å². The molecule has 2 aromatic carbocycles. The molecule has 1 atom stereocenters. The number of carbonyl (C=O) groups excluding carboxylic acids is 2. The number of hydrogen-bond donors (Lipinski definition) is 1. The molecule has 26 heavy (non-hydrogen) atoms. The van der Waals surface area contributed by atoms with Crippen LogP contribution in [0.15, 0.2) is 48.5 Å². The van der Waals surface area contributed by atoms with Crippen LogP contribution in [0.25, 0.3) is 0 Å². The van der Waals surface area contributed by atoms with E-state index in [9.17, 15) is 19.5 Å². The van der Waals surface area contributed by atoms with Gasteiger partial charge in [-0.15, -0.1) is 16.8 Å². The first kappa shape index (κ1) is 18.2. The van der Waals surface area contributed by atoms with E-state index in [1.54, 1.807) is 19.1 Å². The van der Waals surface area contributed by atoms with Crippen molar-refractivity contribution in [3.63, 3.8) is 0 Å². The van der Waals surface area contributed by atoms with Crippen molar-refractivity contribution < 1.29 is 24.3 Å². The SMILES string of the molecule is Cc1cccc2c1C(=O)N(OC(C)(SCc1ccccc1)C(=O)O)C2=O. The van der Waals surface area contributed by atoms with Crippen LogP contribution in [-0.4, -0.2) is 32.9 Å². The first-order valence-electron chi connectivity index (χ1n) is 7.92. The second kappa shape index (κ2) is 6.93. The van der Waals surface area contributed by atoms with Crippen LogP contribution in [0, 0.1) is 6.92 Å². The summed E-state index contributed by atoms with van der Waals surface area (Å²) in [6.45, 7) is 3.05. The minimum Gasteiger partial charge on any atom is -0.478 e. The molecule has 7 heteroatoms. The smallest absolute Gasteiger partial charge is 0.349 e. The number of aliphatic carboxylic acids is 1. The topological polar surface area (TPSA) is 83.9 Å². The molecule has 1 heterocycles. The number of carboxylic acid groups (broad SMARTS) is 1. The van der Waals surface area contributed by atoms with E-state index in [2.05, 4.69) is 0 Å². The lowest BCUT2D eigenvalue weighted by Crippen LogP contribution is -2.44. The predicted molar refractivity (Wildman–Crippen MR) is 96.5 cm³/mol. The highest BCUT2D eigenvalue weighted by Gasteiger charge is 2.46. The zero-order valence-electron chi connectivity index (χ0n) is 14.3. The zero-order valence-corrected chi connectivity index (χ0v) is 15.1. The molecule has 134 valence electrons. The van der Waals surface area contributed by atoms with Crippen LogP contribution in [0.1, 0.15) is 38.8 Å². The van der Waals surface area contributed by atoms with Crippen LogP contribution in [0.5, 0.6) is 0 Å². The summed E-state index contributed by atoms with van der Waals surface area (Å²) in [5, 5.41) is 10.2.